The van der Waals surface area contributed by atoms with Gasteiger partial charge >= 0.3 is 5.97 Å². The van der Waals surface area contributed by atoms with Crippen LogP contribution in [-0.4, -0.2) is 29.0 Å². The van der Waals surface area contributed by atoms with Crippen LogP contribution in [0.1, 0.15) is 32.0 Å². The summed E-state index contributed by atoms with van der Waals surface area (Å²) < 4.78 is 4.72. The first kappa shape index (κ1) is 19.0. The van der Waals surface area contributed by atoms with Gasteiger partial charge in [-0.25, -0.2) is 14.8 Å². The molecule has 1 heterocycles. The van der Waals surface area contributed by atoms with Gasteiger partial charge in [0.2, 0.25) is 0 Å². The lowest BCUT2D eigenvalue weighted by molar-refractivity contribution is 0.0600. The van der Waals surface area contributed by atoms with Crippen LogP contribution in [-0.2, 0) is 4.74 Å². The molecule has 0 bridgehead atoms. The molecule has 0 atom stereocenters. The first-order valence-electron chi connectivity index (χ1n) is 8.62. The van der Waals surface area contributed by atoms with Gasteiger partial charge in [-0.15, -0.1) is 0 Å². The minimum Gasteiger partial charge on any atom is -0.465 e. The summed E-state index contributed by atoms with van der Waals surface area (Å²) in [6, 6.07) is 14.0. The Morgan fingerprint density at radius 3 is 2.50 bits per heavy atom. The van der Waals surface area contributed by atoms with Crippen LogP contribution in [0.15, 0.2) is 54.9 Å². The number of aromatic nitrogens is 2. The van der Waals surface area contributed by atoms with Crippen LogP contribution in [0.3, 0.4) is 0 Å². The number of carbonyl (C=O) groups is 2. The molecule has 1 amide bonds. The molecular formula is C21H20N4O3. The van der Waals surface area contributed by atoms with Crippen molar-refractivity contribution in [2.45, 2.75) is 13.8 Å². The third-order valence-corrected chi connectivity index (χ3v) is 4.22. The average molecular weight is 376 g/mol. The lowest BCUT2D eigenvalue weighted by Gasteiger charge is -2.09. The predicted octanol–water partition coefficient (Wildman–Crippen LogP) is 3.88. The maximum Gasteiger partial charge on any atom is 0.337 e. The molecule has 3 aromatic rings. The van der Waals surface area contributed by atoms with Crippen LogP contribution < -0.4 is 10.6 Å². The highest BCUT2D eigenvalue weighted by atomic mass is 16.5. The normalized spacial score (nSPS) is 10.2. The van der Waals surface area contributed by atoms with Crippen LogP contribution in [0.5, 0.6) is 0 Å². The van der Waals surface area contributed by atoms with Crippen molar-refractivity contribution in [3.05, 3.63) is 77.2 Å². The van der Waals surface area contributed by atoms with E-state index in [1.165, 1.54) is 13.4 Å². The molecule has 3 rings (SSSR count). The lowest BCUT2D eigenvalue weighted by Crippen LogP contribution is -2.14. The maximum absolute atomic E-state index is 12.5. The molecule has 2 N–H and O–H groups in total. The van der Waals surface area contributed by atoms with Crippen LogP contribution in [0, 0.1) is 13.8 Å². The standard InChI is InChI=1S/C21H20N4O3/c1-13-7-8-17(9-14(13)2)25-20(26)18-11-19(23-12-22-18)24-16-6-4-5-15(10-16)21(27)28-3/h4-12H,1-3H3,(H,25,26)(H,22,23,24). The summed E-state index contributed by atoms with van der Waals surface area (Å²) in [5, 5.41) is 5.89. The summed E-state index contributed by atoms with van der Waals surface area (Å²) in [5.74, 6) is -0.334. The fraction of sp³-hybridized carbons (Fsp3) is 0.143. The van der Waals surface area contributed by atoms with Gasteiger partial charge < -0.3 is 15.4 Å². The molecular weight excluding hydrogens is 356 g/mol. The molecule has 0 aliphatic rings. The average Bonchev–Trinajstić information content (AvgIpc) is 2.70. The molecule has 0 saturated carbocycles. The highest BCUT2D eigenvalue weighted by Crippen LogP contribution is 2.18. The third kappa shape index (κ3) is 4.50. The molecule has 28 heavy (non-hydrogen) atoms. The molecule has 0 unspecified atom stereocenters. The smallest absolute Gasteiger partial charge is 0.337 e. The van der Waals surface area contributed by atoms with E-state index in [0.29, 0.717) is 22.8 Å². The molecule has 7 heteroatoms. The Kier molecular flexibility index (Phi) is 5.64. The van der Waals surface area contributed by atoms with E-state index in [4.69, 9.17) is 4.74 Å². The van der Waals surface area contributed by atoms with Gasteiger partial charge in [0.25, 0.3) is 5.91 Å². The summed E-state index contributed by atoms with van der Waals surface area (Å²) in [6.45, 7) is 4.00. The number of aryl methyl sites for hydroxylation is 2. The molecule has 0 aliphatic carbocycles. The number of amides is 1. The number of ether oxygens (including phenoxy) is 1. The van der Waals surface area contributed by atoms with Gasteiger partial charge in [0.05, 0.1) is 12.7 Å². The lowest BCUT2D eigenvalue weighted by atomic mass is 10.1. The number of methoxy groups -OCH3 is 1. The molecule has 7 nitrogen and oxygen atoms in total. The van der Waals surface area contributed by atoms with E-state index in [1.807, 2.05) is 32.0 Å². The Bertz CT molecular complexity index is 1030. The molecule has 0 aliphatic heterocycles. The van der Waals surface area contributed by atoms with E-state index in [2.05, 4.69) is 20.6 Å². The Balaban J connectivity index is 1.75. The van der Waals surface area contributed by atoms with Crippen LogP contribution in [0.2, 0.25) is 0 Å². The summed E-state index contributed by atoms with van der Waals surface area (Å²) in [6.07, 6.45) is 1.31. The fourth-order valence-electron chi connectivity index (χ4n) is 2.55. The Hall–Kier alpha value is -3.74. The van der Waals surface area contributed by atoms with Crippen molar-refractivity contribution in [1.29, 1.82) is 0 Å². The Labute approximate surface area is 162 Å². The number of benzene rings is 2. The zero-order valence-corrected chi connectivity index (χ0v) is 15.8. The van der Waals surface area contributed by atoms with E-state index < -0.39 is 5.97 Å². The molecule has 2 aromatic carbocycles. The van der Waals surface area contributed by atoms with Crippen molar-refractivity contribution in [2.75, 3.05) is 17.7 Å². The molecule has 0 saturated heterocycles. The van der Waals surface area contributed by atoms with Crippen LogP contribution >= 0.6 is 0 Å². The quantitative estimate of drug-likeness (QED) is 0.657. The zero-order valence-electron chi connectivity index (χ0n) is 15.8. The van der Waals surface area contributed by atoms with E-state index in [-0.39, 0.29) is 11.6 Å². The van der Waals surface area contributed by atoms with Gasteiger partial charge in [0, 0.05) is 17.4 Å². The number of rotatable bonds is 5. The zero-order chi connectivity index (χ0) is 20.1. The van der Waals surface area contributed by atoms with Gasteiger partial charge in [0.15, 0.2) is 0 Å². The number of hydrogen-bond acceptors (Lipinski definition) is 6. The topological polar surface area (TPSA) is 93.2 Å². The summed E-state index contributed by atoms with van der Waals surface area (Å²) in [7, 11) is 1.33. The van der Waals surface area contributed by atoms with Gasteiger partial charge in [0.1, 0.15) is 17.8 Å². The minimum absolute atomic E-state index is 0.222. The number of esters is 1. The van der Waals surface area contributed by atoms with E-state index >= 15 is 0 Å². The monoisotopic (exact) mass is 376 g/mol. The molecule has 1 aromatic heterocycles. The number of carbonyl (C=O) groups excluding carboxylic acids is 2. The van der Waals surface area contributed by atoms with Crippen molar-refractivity contribution >= 4 is 29.1 Å². The fourth-order valence-corrected chi connectivity index (χ4v) is 2.55. The second-order valence-corrected chi connectivity index (χ2v) is 6.24. The highest BCUT2D eigenvalue weighted by molar-refractivity contribution is 6.03. The number of nitrogens with zero attached hydrogens (tertiary/aromatic N) is 2. The largest absolute Gasteiger partial charge is 0.465 e. The van der Waals surface area contributed by atoms with E-state index in [9.17, 15) is 9.59 Å². The Morgan fingerprint density at radius 2 is 1.75 bits per heavy atom. The van der Waals surface area contributed by atoms with Crippen molar-refractivity contribution < 1.29 is 14.3 Å². The van der Waals surface area contributed by atoms with Gasteiger partial charge in [-0.1, -0.05) is 12.1 Å². The van der Waals surface area contributed by atoms with E-state index in [1.54, 1.807) is 30.3 Å². The molecule has 0 radical (unpaired) electrons. The summed E-state index contributed by atoms with van der Waals surface area (Å²) in [4.78, 5) is 32.3. The van der Waals surface area contributed by atoms with Crippen molar-refractivity contribution in [3.8, 4) is 0 Å². The summed E-state index contributed by atoms with van der Waals surface area (Å²) in [5.41, 5.74) is 4.22. The number of hydrogen-bond donors (Lipinski definition) is 2. The second-order valence-electron chi connectivity index (χ2n) is 6.24. The van der Waals surface area contributed by atoms with E-state index in [0.717, 1.165) is 11.1 Å². The minimum atomic E-state index is -0.431. The van der Waals surface area contributed by atoms with Gasteiger partial charge in [-0.2, -0.15) is 0 Å². The first-order chi connectivity index (χ1) is 13.5. The SMILES string of the molecule is COC(=O)c1cccc(Nc2cc(C(=O)Nc3ccc(C)c(C)c3)ncn2)c1. The third-order valence-electron chi connectivity index (χ3n) is 4.22. The number of nitrogens with one attached hydrogen (secondary N) is 2. The van der Waals surface area contributed by atoms with Crippen LogP contribution in [0.4, 0.5) is 17.2 Å². The first-order valence-corrected chi connectivity index (χ1v) is 8.62. The highest BCUT2D eigenvalue weighted by Gasteiger charge is 2.11. The Morgan fingerprint density at radius 1 is 0.929 bits per heavy atom. The second kappa shape index (κ2) is 8.30. The number of anilines is 3. The molecule has 0 spiro atoms. The predicted molar refractivity (Wildman–Crippen MR) is 107 cm³/mol. The van der Waals surface area contributed by atoms with Gasteiger partial charge in [-0.05, 0) is 55.3 Å². The molecule has 0 fully saturated rings. The summed E-state index contributed by atoms with van der Waals surface area (Å²) >= 11 is 0. The molecule has 142 valence electrons. The van der Waals surface area contributed by atoms with Crippen molar-refractivity contribution in [1.82, 2.24) is 9.97 Å². The maximum atomic E-state index is 12.5. The van der Waals surface area contributed by atoms with Crippen molar-refractivity contribution in [2.24, 2.45) is 0 Å². The van der Waals surface area contributed by atoms with Crippen molar-refractivity contribution in [3.63, 3.8) is 0 Å². The van der Waals surface area contributed by atoms with Gasteiger partial charge in [-0.3, -0.25) is 4.79 Å². The van der Waals surface area contributed by atoms with Crippen LogP contribution in [0.25, 0.3) is 0 Å².